The molecule has 0 atom stereocenters. The van der Waals surface area contributed by atoms with Crippen LogP contribution in [-0.2, 0) is 6.18 Å². The predicted octanol–water partition coefficient (Wildman–Crippen LogP) is 2.79. The lowest BCUT2D eigenvalue weighted by Crippen LogP contribution is -2.14. The van der Waals surface area contributed by atoms with Crippen LogP contribution in [0.4, 0.5) is 22.0 Å². The molecule has 2 aromatic heterocycles. The molecule has 0 amide bonds. The molecule has 0 unspecified atom stereocenters. The third kappa shape index (κ3) is 2.98. The number of aromatic amines is 1. The average Bonchev–Trinajstić information content (AvgIpc) is 2.37. The lowest BCUT2D eigenvalue weighted by Gasteiger charge is -2.07. The Morgan fingerprint density at radius 1 is 1.20 bits per heavy atom. The minimum absolute atomic E-state index is 0.0333. The molecular formula is C11H6F5N3O. The summed E-state index contributed by atoms with van der Waals surface area (Å²) in [6.07, 6.45) is -6.71. The highest BCUT2D eigenvalue weighted by Gasteiger charge is 2.32. The van der Waals surface area contributed by atoms with Crippen molar-refractivity contribution in [1.82, 2.24) is 15.0 Å². The molecule has 2 aromatic rings. The van der Waals surface area contributed by atoms with Gasteiger partial charge in [-0.05, 0) is 18.2 Å². The number of halogens is 5. The number of alkyl halides is 5. The van der Waals surface area contributed by atoms with Crippen molar-refractivity contribution < 1.29 is 22.0 Å². The first-order valence-corrected chi connectivity index (χ1v) is 5.20. The predicted molar refractivity (Wildman–Crippen MR) is 58.0 cm³/mol. The van der Waals surface area contributed by atoms with Gasteiger partial charge in [-0.1, -0.05) is 0 Å². The fraction of sp³-hybridized carbons (Fsp3) is 0.182. The van der Waals surface area contributed by atoms with Crippen LogP contribution in [0.15, 0.2) is 29.2 Å². The Bertz CT molecular complexity index is 663. The molecule has 0 aliphatic rings. The standard InChI is InChI=1S/C11H6F5N3O/c12-9(13)7-3-6(18-10(20)19-7)5-1-2-8(17-4-5)11(14,15)16/h1-4,9H,(H,18,19,20). The summed E-state index contributed by atoms with van der Waals surface area (Å²) in [6, 6.07) is 2.57. The third-order valence-electron chi connectivity index (χ3n) is 2.35. The summed E-state index contributed by atoms with van der Waals surface area (Å²) >= 11 is 0. The van der Waals surface area contributed by atoms with Gasteiger partial charge < -0.3 is 4.98 Å². The summed E-state index contributed by atoms with van der Waals surface area (Å²) in [4.78, 5) is 19.5. The smallest absolute Gasteiger partial charge is 0.304 e. The van der Waals surface area contributed by atoms with Crippen molar-refractivity contribution in [2.45, 2.75) is 12.6 Å². The molecule has 0 bridgehead atoms. The summed E-state index contributed by atoms with van der Waals surface area (Å²) < 4.78 is 62.0. The first kappa shape index (κ1) is 14.1. The highest BCUT2D eigenvalue weighted by atomic mass is 19.4. The maximum Gasteiger partial charge on any atom is 0.433 e. The zero-order valence-electron chi connectivity index (χ0n) is 9.58. The van der Waals surface area contributed by atoms with E-state index in [0.717, 1.165) is 18.3 Å². The van der Waals surface area contributed by atoms with Crippen LogP contribution in [0.5, 0.6) is 0 Å². The topological polar surface area (TPSA) is 58.6 Å². The van der Waals surface area contributed by atoms with Crippen molar-refractivity contribution in [1.29, 1.82) is 0 Å². The lowest BCUT2D eigenvalue weighted by atomic mass is 10.1. The highest BCUT2D eigenvalue weighted by Crippen LogP contribution is 2.28. The second-order valence-electron chi connectivity index (χ2n) is 3.76. The molecule has 0 aliphatic carbocycles. The van der Waals surface area contributed by atoms with Crippen LogP contribution < -0.4 is 5.69 Å². The van der Waals surface area contributed by atoms with Crippen molar-refractivity contribution >= 4 is 0 Å². The fourth-order valence-corrected chi connectivity index (χ4v) is 1.45. The largest absolute Gasteiger partial charge is 0.433 e. The average molecular weight is 291 g/mol. The Morgan fingerprint density at radius 2 is 1.90 bits per heavy atom. The van der Waals surface area contributed by atoms with Crippen LogP contribution in [0.2, 0.25) is 0 Å². The number of hydrogen-bond donors (Lipinski definition) is 1. The summed E-state index contributed by atoms with van der Waals surface area (Å²) in [5.41, 5.74) is -2.95. The van der Waals surface area contributed by atoms with Gasteiger partial charge in [0.2, 0.25) is 0 Å². The van der Waals surface area contributed by atoms with Gasteiger partial charge in [-0.15, -0.1) is 0 Å². The Labute approximate surface area is 108 Å². The Hall–Kier alpha value is -2.32. The minimum atomic E-state index is -4.60. The van der Waals surface area contributed by atoms with Gasteiger partial charge in [0.05, 0.1) is 11.4 Å². The van der Waals surface area contributed by atoms with E-state index in [-0.39, 0.29) is 11.3 Å². The number of pyridine rings is 1. The molecule has 2 rings (SSSR count). The zero-order valence-corrected chi connectivity index (χ0v) is 9.58. The van der Waals surface area contributed by atoms with Crippen molar-refractivity contribution in [3.05, 3.63) is 46.3 Å². The van der Waals surface area contributed by atoms with Crippen LogP contribution in [0.1, 0.15) is 17.8 Å². The first-order chi connectivity index (χ1) is 9.27. The van der Waals surface area contributed by atoms with E-state index in [1.807, 2.05) is 4.98 Å². The van der Waals surface area contributed by atoms with Crippen LogP contribution in [0.25, 0.3) is 11.3 Å². The molecule has 0 fully saturated rings. The maximum absolute atomic E-state index is 12.5. The molecular weight excluding hydrogens is 285 g/mol. The summed E-state index contributed by atoms with van der Waals surface area (Å²) in [6.45, 7) is 0. The highest BCUT2D eigenvalue weighted by molar-refractivity contribution is 5.58. The van der Waals surface area contributed by atoms with Crippen molar-refractivity contribution in [3.63, 3.8) is 0 Å². The Balaban J connectivity index is 2.44. The van der Waals surface area contributed by atoms with E-state index in [1.54, 1.807) is 0 Å². The quantitative estimate of drug-likeness (QED) is 0.865. The van der Waals surface area contributed by atoms with Crippen LogP contribution in [-0.4, -0.2) is 15.0 Å². The molecule has 0 spiro atoms. The molecule has 2 heterocycles. The van der Waals surface area contributed by atoms with Gasteiger partial charge in [-0.25, -0.2) is 13.6 Å². The van der Waals surface area contributed by atoms with E-state index < -0.39 is 29.7 Å². The second-order valence-corrected chi connectivity index (χ2v) is 3.76. The van der Waals surface area contributed by atoms with Crippen LogP contribution in [0, 0.1) is 0 Å². The molecule has 0 aromatic carbocycles. The molecule has 106 valence electrons. The van der Waals surface area contributed by atoms with Crippen LogP contribution in [0.3, 0.4) is 0 Å². The van der Waals surface area contributed by atoms with Gasteiger partial charge in [0.15, 0.2) is 0 Å². The maximum atomic E-state index is 12.5. The van der Waals surface area contributed by atoms with Crippen molar-refractivity contribution in [3.8, 4) is 11.3 Å². The summed E-state index contributed by atoms with van der Waals surface area (Å²) in [7, 11) is 0. The molecule has 0 saturated carbocycles. The fourth-order valence-electron chi connectivity index (χ4n) is 1.45. The lowest BCUT2D eigenvalue weighted by molar-refractivity contribution is -0.141. The van der Waals surface area contributed by atoms with Gasteiger partial charge >= 0.3 is 11.9 Å². The van der Waals surface area contributed by atoms with E-state index in [9.17, 15) is 26.7 Å². The van der Waals surface area contributed by atoms with Crippen molar-refractivity contribution in [2.24, 2.45) is 0 Å². The number of hydrogen-bond acceptors (Lipinski definition) is 3. The van der Waals surface area contributed by atoms with E-state index in [2.05, 4.69) is 9.97 Å². The second kappa shape index (κ2) is 4.99. The summed E-state index contributed by atoms with van der Waals surface area (Å²) in [5, 5.41) is 0. The van der Waals surface area contributed by atoms with Crippen molar-refractivity contribution in [2.75, 3.05) is 0 Å². The van der Waals surface area contributed by atoms with E-state index in [4.69, 9.17) is 0 Å². The molecule has 0 saturated heterocycles. The Kier molecular flexibility index (Phi) is 3.51. The van der Waals surface area contributed by atoms with Crippen LogP contribution >= 0.6 is 0 Å². The van der Waals surface area contributed by atoms with E-state index in [1.165, 1.54) is 0 Å². The number of rotatable bonds is 2. The van der Waals surface area contributed by atoms with Gasteiger partial charge in [-0.3, -0.25) is 4.98 Å². The van der Waals surface area contributed by atoms with E-state index in [0.29, 0.717) is 6.07 Å². The molecule has 0 radical (unpaired) electrons. The number of aromatic nitrogens is 3. The zero-order chi connectivity index (χ0) is 14.9. The molecule has 4 nitrogen and oxygen atoms in total. The Morgan fingerprint density at radius 3 is 2.40 bits per heavy atom. The SMILES string of the molecule is O=c1nc(-c2ccc(C(F)(F)F)nc2)cc(C(F)F)[nH]1. The number of nitrogens with zero attached hydrogens (tertiary/aromatic N) is 2. The number of nitrogens with one attached hydrogen (secondary N) is 1. The van der Waals surface area contributed by atoms with Gasteiger partial charge in [0.25, 0.3) is 6.43 Å². The number of H-pyrrole nitrogens is 1. The molecule has 20 heavy (non-hydrogen) atoms. The molecule has 9 heteroatoms. The normalized spacial score (nSPS) is 11.9. The van der Waals surface area contributed by atoms with Gasteiger partial charge in [0, 0.05) is 11.8 Å². The molecule has 1 N–H and O–H groups in total. The van der Waals surface area contributed by atoms with E-state index >= 15 is 0 Å². The summed E-state index contributed by atoms with van der Waals surface area (Å²) in [5.74, 6) is 0. The van der Waals surface area contributed by atoms with Gasteiger partial charge in [0.1, 0.15) is 5.69 Å². The first-order valence-electron chi connectivity index (χ1n) is 5.20. The van der Waals surface area contributed by atoms with Gasteiger partial charge in [-0.2, -0.15) is 18.2 Å². The third-order valence-corrected chi connectivity index (χ3v) is 2.35. The molecule has 0 aliphatic heterocycles. The minimum Gasteiger partial charge on any atom is -0.304 e. The monoisotopic (exact) mass is 291 g/mol.